The Bertz CT molecular complexity index is 648. The molecule has 0 radical (unpaired) electrons. The van der Waals surface area contributed by atoms with Crippen LogP contribution in [-0.4, -0.2) is 67.2 Å². The number of hydrogen-bond donors (Lipinski definition) is 1. The summed E-state index contributed by atoms with van der Waals surface area (Å²) < 4.78 is 37.4. The first kappa shape index (κ1) is 17.8. The highest BCUT2D eigenvalue weighted by Gasteiger charge is 2.55. The molecule has 3 atom stereocenters. The van der Waals surface area contributed by atoms with Gasteiger partial charge in [-0.15, -0.1) is 0 Å². The van der Waals surface area contributed by atoms with E-state index >= 15 is 0 Å². The lowest BCUT2D eigenvalue weighted by Gasteiger charge is -2.55. The van der Waals surface area contributed by atoms with Crippen molar-refractivity contribution in [1.29, 1.82) is 0 Å². The maximum atomic E-state index is 12.5. The zero-order chi connectivity index (χ0) is 18.4. The third-order valence-electron chi connectivity index (χ3n) is 6.10. The molecular formula is C19H24F3N3O. The first-order valence-electron chi connectivity index (χ1n) is 9.22. The van der Waals surface area contributed by atoms with E-state index in [0.717, 1.165) is 39.3 Å². The number of nitrogens with zero attached hydrogens (tertiary/aromatic N) is 2. The van der Waals surface area contributed by atoms with Crippen molar-refractivity contribution in [3.05, 3.63) is 35.9 Å². The van der Waals surface area contributed by atoms with Gasteiger partial charge in [0.15, 0.2) is 0 Å². The molecule has 0 aromatic heterocycles. The highest BCUT2D eigenvalue weighted by Crippen LogP contribution is 2.43. The summed E-state index contributed by atoms with van der Waals surface area (Å²) in [6, 6.07) is 10.0. The van der Waals surface area contributed by atoms with Crippen LogP contribution in [0.1, 0.15) is 18.4 Å². The summed E-state index contributed by atoms with van der Waals surface area (Å²) in [6.45, 7) is 5.51. The average Bonchev–Trinajstić information content (AvgIpc) is 2.85. The van der Waals surface area contributed by atoms with Crippen LogP contribution in [0.15, 0.2) is 30.3 Å². The van der Waals surface area contributed by atoms with Crippen molar-refractivity contribution in [1.82, 2.24) is 15.1 Å². The van der Waals surface area contributed by atoms with Crippen molar-refractivity contribution in [2.45, 2.75) is 30.5 Å². The number of nitrogens with one attached hydrogen (secondary N) is 1. The van der Waals surface area contributed by atoms with Gasteiger partial charge in [-0.3, -0.25) is 4.79 Å². The topological polar surface area (TPSA) is 35.6 Å². The number of halogens is 3. The quantitative estimate of drug-likeness (QED) is 0.884. The van der Waals surface area contributed by atoms with E-state index in [4.69, 9.17) is 0 Å². The number of carbonyl (C=O) groups is 1. The van der Waals surface area contributed by atoms with Crippen molar-refractivity contribution in [3.63, 3.8) is 0 Å². The van der Waals surface area contributed by atoms with Gasteiger partial charge in [0.2, 0.25) is 5.91 Å². The summed E-state index contributed by atoms with van der Waals surface area (Å²) in [6.07, 6.45) is -5.86. The lowest BCUT2D eigenvalue weighted by atomic mass is 9.64. The van der Waals surface area contributed by atoms with Gasteiger partial charge >= 0.3 is 6.18 Å². The summed E-state index contributed by atoms with van der Waals surface area (Å²) >= 11 is 0. The maximum Gasteiger partial charge on any atom is 0.389 e. The van der Waals surface area contributed by atoms with E-state index in [2.05, 4.69) is 27.2 Å². The molecule has 26 heavy (non-hydrogen) atoms. The van der Waals surface area contributed by atoms with Crippen molar-refractivity contribution in [2.24, 2.45) is 5.92 Å². The molecule has 4 saturated heterocycles. The Morgan fingerprint density at radius 2 is 1.73 bits per heavy atom. The summed E-state index contributed by atoms with van der Waals surface area (Å²) in [7, 11) is 0. The van der Waals surface area contributed by atoms with Crippen molar-refractivity contribution >= 4 is 5.91 Å². The van der Waals surface area contributed by atoms with E-state index < -0.39 is 24.9 Å². The molecule has 142 valence electrons. The van der Waals surface area contributed by atoms with Crippen LogP contribution in [0.2, 0.25) is 0 Å². The predicted octanol–water partition coefficient (Wildman–Crippen LogP) is 2.01. The van der Waals surface area contributed by atoms with Crippen LogP contribution in [0, 0.1) is 5.92 Å². The van der Waals surface area contributed by atoms with Gasteiger partial charge in [-0.1, -0.05) is 30.3 Å². The van der Waals surface area contributed by atoms with Crippen molar-refractivity contribution < 1.29 is 18.0 Å². The molecule has 1 N–H and O–H groups in total. The molecule has 0 spiro atoms. The van der Waals surface area contributed by atoms with Crippen LogP contribution in [0.5, 0.6) is 0 Å². The number of rotatable bonds is 4. The Kier molecular flexibility index (Phi) is 4.47. The highest BCUT2D eigenvalue weighted by molar-refractivity contribution is 5.76. The van der Waals surface area contributed by atoms with E-state index in [0.29, 0.717) is 0 Å². The van der Waals surface area contributed by atoms with Crippen LogP contribution in [0.25, 0.3) is 0 Å². The SMILES string of the molecule is O=C(CCC(F)(F)F)N[C@@H]1C2CN3CCN(C2)CC1(c1ccccc1)C3. The smallest absolute Gasteiger partial charge is 0.352 e. The first-order chi connectivity index (χ1) is 12.4. The minimum Gasteiger partial charge on any atom is -0.352 e. The fourth-order valence-corrected chi connectivity index (χ4v) is 5.07. The third-order valence-corrected chi connectivity index (χ3v) is 6.10. The van der Waals surface area contributed by atoms with Crippen LogP contribution in [0.3, 0.4) is 0 Å². The number of fused-ring (bicyclic) bond motifs is 1. The largest absolute Gasteiger partial charge is 0.389 e. The zero-order valence-corrected chi connectivity index (χ0v) is 14.6. The number of piperidine rings is 2. The van der Waals surface area contributed by atoms with Gasteiger partial charge in [0.25, 0.3) is 0 Å². The monoisotopic (exact) mass is 367 g/mol. The predicted molar refractivity (Wildman–Crippen MR) is 91.7 cm³/mol. The summed E-state index contributed by atoms with van der Waals surface area (Å²) in [5.41, 5.74) is 0.912. The van der Waals surface area contributed by atoms with Crippen LogP contribution in [0.4, 0.5) is 13.2 Å². The summed E-state index contributed by atoms with van der Waals surface area (Å²) in [4.78, 5) is 17.2. The fourth-order valence-electron chi connectivity index (χ4n) is 5.07. The Hall–Kier alpha value is -1.60. The van der Waals surface area contributed by atoms with Gasteiger partial charge in [-0.05, 0) is 5.56 Å². The number of amides is 1. The van der Waals surface area contributed by atoms with Gasteiger partial charge < -0.3 is 15.1 Å². The van der Waals surface area contributed by atoms with Crippen molar-refractivity contribution in [3.8, 4) is 0 Å². The van der Waals surface area contributed by atoms with E-state index in [1.165, 1.54) is 5.56 Å². The van der Waals surface area contributed by atoms with Crippen LogP contribution >= 0.6 is 0 Å². The van der Waals surface area contributed by atoms with E-state index in [9.17, 15) is 18.0 Å². The Morgan fingerprint density at radius 1 is 1.12 bits per heavy atom. The molecular weight excluding hydrogens is 343 g/mol. The molecule has 4 nitrogen and oxygen atoms in total. The van der Waals surface area contributed by atoms with Gasteiger partial charge in [0.05, 0.1) is 6.42 Å². The fraction of sp³-hybridized carbons (Fsp3) is 0.632. The second-order valence-electron chi connectivity index (χ2n) is 7.91. The first-order valence-corrected chi connectivity index (χ1v) is 9.22. The molecule has 4 aliphatic heterocycles. The summed E-state index contributed by atoms with van der Waals surface area (Å²) in [5.74, 6) is -0.242. The molecule has 4 heterocycles. The van der Waals surface area contributed by atoms with Crippen LogP contribution < -0.4 is 5.32 Å². The number of hydrogen-bond acceptors (Lipinski definition) is 3. The average molecular weight is 367 g/mol. The Morgan fingerprint density at radius 3 is 2.31 bits per heavy atom. The molecule has 1 aromatic rings. The highest BCUT2D eigenvalue weighted by atomic mass is 19.4. The Labute approximate surface area is 151 Å². The zero-order valence-electron chi connectivity index (χ0n) is 14.6. The Balaban J connectivity index is 1.61. The number of benzene rings is 1. The van der Waals surface area contributed by atoms with Gasteiger partial charge in [-0.2, -0.15) is 13.2 Å². The van der Waals surface area contributed by atoms with Gasteiger partial charge in [-0.25, -0.2) is 0 Å². The normalized spacial score (nSPS) is 36.0. The maximum absolute atomic E-state index is 12.5. The molecule has 4 aliphatic rings. The molecule has 1 aromatic carbocycles. The van der Waals surface area contributed by atoms with E-state index in [-0.39, 0.29) is 17.4 Å². The minimum atomic E-state index is -4.30. The molecule has 4 fully saturated rings. The second-order valence-corrected chi connectivity index (χ2v) is 7.91. The standard InChI is InChI=1S/C19H24F3N3O/c20-19(21,22)7-6-16(26)23-17-14-10-24-8-9-25(11-14)13-18(17,12-24)15-4-2-1-3-5-15/h1-5,14,17H,6-13H2,(H,23,26)/t14?,17-,18?/m1/s1. The van der Waals surface area contributed by atoms with Crippen molar-refractivity contribution in [2.75, 3.05) is 39.3 Å². The lowest BCUT2D eigenvalue weighted by molar-refractivity contribution is -0.145. The number of carbonyl (C=O) groups excluding carboxylic acids is 1. The second kappa shape index (κ2) is 6.53. The van der Waals surface area contributed by atoms with Gasteiger partial charge in [0, 0.05) is 63.1 Å². The minimum absolute atomic E-state index is 0.115. The molecule has 4 bridgehead atoms. The van der Waals surface area contributed by atoms with E-state index in [1.54, 1.807) is 0 Å². The molecule has 7 heteroatoms. The summed E-state index contributed by atoms with van der Waals surface area (Å²) in [5, 5.41) is 3.01. The molecule has 0 aliphatic carbocycles. The molecule has 5 rings (SSSR count). The van der Waals surface area contributed by atoms with Gasteiger partial charge in [0.1, 0.15) is 0 Å². The molecule has 2 unspecified atom stereocenters. The molecule has 1 amide bonds. The number of alkyl halides is 3. The van der Waals surface area contributed by atoms with E-state index in [1.807, 2.05) is 18.2 Å². The van der Waals surface area contributed by atoms with Crippen LogP contribution in [-0.2, 0) is 10.2 Å². The lowest BCUT2D eigenvalue weighted by Crippen LogP contribution is -2.70. The molecule has 0 saturated carbocycles. The third kappa shape index (κ3) is 3.34.